The zero-order chi connectivity index (χ0) is 18.2. The molecule has 0 spiro atoms. The maximum absolute atomic E-state index is 12.9. The smallest absolute Gasteiger partial charge is 0.254 e. The van der Waals surface area contributed by atoms with Gasteiger partial charge in [-0.15, -0.1) is 11.8 Å². The molecule has 0 aliphatic carbocycles. The van der Waals surface area contributed by atoms with E-state index in [0.717, 1.165) is 48.6 Å². The van der Waals surface area contributed by atoms with Crippen molar-refractivity contribution in [1.82, 2.24) is 10.3 Å². The second kappa shape index (κ2) is 9.69. The van der Waals surface area contributed by atoms with Gasteiger partial charge in [0, 0.05) is 19.3 Å². The fourth-order valence-electron chi connectivity index (χ4n) is 2.88. The third kappa shape index (κ3) is 5.54. The lowest BCUT2D eigenvalue weighted by Gasteiger charge is -2.12. The van der Waals surface area contributed by atoms with Gasteiger partial charge in [0.05, 0.1) is 11.7 Å². The van der Waals surface area contributed by atoms with Crippen molar-refractivity contribution in [3.63, 3.8) is 0 Å². The number of benzene rings is 1. The van der Waals surface area contributed by atoms with Crippen LogP contribution in [-0.4, -0.2) is 35.9 Å². The summed E-state index contributed by atoms with van der Waals surface area (Å²) < 4.78 is 18.5. The number of carbonyl (C=O) groups excluding carboxylic acids is 1. The number of nitrogens with zero attached hydrogens (tertiary/aromatic N) is 1. The Hall–Kier alpha value is -1.92. The molecule has 1 saturated heterocycles. The first-order chi connectivity index (χ1) is 12.7. The predicted octanol–water partition coefficient (Wildman–Crippen LogP) is 3.85. The predicted molar refractivity (Wildman–Crippen MR) is 101 cm³/mol. The number of hydrogen-bond donors (Lipinski definition) is 1. The summed E-state index contributed by atoms with van der Waals surface area (Å²) in [5.41, 5.74) is 1.72. The number of halogens is 1. The quantitative estimate of drug-likeness (QED) is 0.563. The largest absolute Gasteiger partial charge is 0.376 e. The monoisotopic (exact) mass is 374 g/mol. The van der Waals surface area contributed by atoms with E-state index in [-0.39, 0.29) is 17.8 Å². The molecule has 0 saturated carbocycles. The van der Waals surface area contributed by atoms with Gasteiger partial charge in [-0.05, 0) is 61.3 Å². The summed E-state index contributed by atoms with van der Waals surface area (Å²) in [5, 5.41) is 3.70. The molecule has 1 atom stereocenters. The zero-order valence-corrected chi connectivity index (χ0v) is 15.4. The van der Waals surface area contributed by atoms with Crippen molar-refractivity contribution in [2.45, 2.75) is 36.8 Å². The first kappa shape index (κ1) is 18.9. The summed E-state index contributed by atoms with van der Waals surface area (Å²) in [4.78, 5) is 16.8. The van der Waals surface area contributed by atoms with Gasteiger partial charge in [0.2, 0.25) is 0 Å². The Morgan fingerprint density at radius 3 is 2.92 bits per heavy atom. The highest BCUT2D eigenvalue weighted by Crippen LogP contribution is 2.22. The maximum Gasteiger partial charge on any atom is 0.254 e. The van der Waals surface area contributed by atoms with Crippen molar-refractivity contribution in [1.29, 1.82) is 0 Å². The van der Waals surface area contributed by atoms with Crippen LogP contribution in [0.2, 0.25) is 0 Å². The molecule has 1 amide bonds. The highest BCUT2D eigenvalue weighted by atomic mass is 32.2. The second-order valence-electron chi connectivity index (χ2n) is 6.28. The molecule has 1 aromatic heterocycles. The molecule has 6 heteroatoms. The van der Waals surface area contributed by atoms with E-state index in [4.69, 9.17) is 4.74 Å². The van der Waals surface area contributed by atoms with Gasteiger partial charge in [-0.3, -0.25) is 4.79 Å². The van der Waals surface area contributed by atoms with Gasteiger partial charge in [0.15, 0.2) is 0 Å². The third-order valence-corrected chi connectivity index (χ3v) is 5.38. The van der Waals surface area contributed by atoms with Crippen molar-refractivity contribution in [3.05, 3.63) is 59.5 Å². The van der Waals surface area contributed by atoms with E-state index in [0.29, 0.717) is 12.1 Å². The Labute approximate surface area is 157 Å². The average Bonchev–Trinajstić information content (AvgIpc) is 3.19. The first-order valence-corrected chi connectivity index (χ1v) is 9.93. The summed E-state index contributed by atoms with van der Waals surface area (Å²) in [6, 6.07) is 10.2. The molecule has 1 N–H and O–H groups in total. The standard InChI is InChI=1S/C20H23FN2O2S/c21-16-9-7-15(8-10-16)4-3-13-26-20-18(6-1-11-22-20)19(24)23-14-17-5-2-12-25-17/h1,6-11,17H,2-5,12-14H2,(H,23,24). The Morgan fingerprint density at radius 1 is 1.31 bits per heavy atom. The van der Waals surface area contributed by atoms with Crippen LogP contribution < -0.4 is 5.32 Å². The maximum atomic E-state index is 12.9. The van der Waals surface area contributed by atoms with Crippen LogP contribution in [0.4, 0.5) is 4.39 Å². The Morgan fingerprint density at radius 2 is 2.15 bits per heavy atom. The highest BCUT2D eigenvalue weighted by molar-refractivity contribution is 7.99. The third-order valence-electron chi connectivity index (χ3n) is 4.29. The number of pyridine rings is 1. The van der Waals surface area contributed by atoms with Gasteiger partial charge in [-0.1, -0.05) is 12.1 Å². The SMILES string of the molecule is O=C(NCC1CCCO1)c1cccnc1SCCCc1ccc(F)cc1. The number of amides is 1. The minimum absolute atomic E-state index is 0.102. The van der Waals surface area contributed by atoms with Gasteiger partial charge < -0.3 is 10.1 Å². The van der Waals surface area contributed by atoms with Crippen LogP contribution in [0, 0.1) is 5.82 Å². The summed E-state index contributed by atoms with van der Waals surface area (Å²) in [6.45, 7) is 1.32. The molecule has 1 aromatic carbocycles. The number of carbonyl (C=O) groups is 1. The Kier molecular flexibility index (Phi) is 7.03. The molecule has 4 nitrogen and oxygen atoms in total. The number of nitrogens with one attached hydrogen (secondary N) is 1. The van der Waals surface area contributed by atoms with Gasteiger partial charge in [0.25, 0.3) is 5.91 Å². The van der Waals surface area contributed by atoms with E-state index in [2.05, 4.69) is 10.3 Å². The van der Waals surface area contributed by atoms with Gasteiger partial charge in [-0.2, -0.15) is 0 Å². The van der Waals surface area contributed by atoms with Crippen LogP contribution in [0.25, 0.3) is 0 Å². The fraction of sp³-hybridized carbons (Fsp3) is 0.400. The van der Waals surface area contributed by atoms with Gasteiger partial charge in [-0.25, -0.2) is 9.37 Å². The van der Waals surface area contributed by atoms with Crippen molar-refractivity contribution in [2.24, 2.45) is 0 Å². The van der Waals surface area contributed by atoms with E-state index in [1.807, 2.05) is 12.1 Å². The topological polar surface area (TPSA) is 51.2 Å². The molecule has 0 radical (unpaired) electrons. The number of rotatable bonds is 8. The van der Waals surface area contributed by atoms with E-state index >= 15 is 0 Å². The van der Waals surface area contributed by atoms with Crippen LogP contribution in [0.1, 0.15) is 35.2 Å². The zero-order valence-electron chi connectivity index (χ0n) is 14.6. The minimum Gasteiger partial charge on any atom is -0.376 e. The molecule has 2 aromatic rings. The lowest BCUT2D eigenvalue weighted by atomic mass is 10.1. The van der Waals surface area contributed by atoms with Gasteiger partial charge >= 0.3 is 0 Å². The van der Waals surface area contributed by atoms with Crippen molar-refractivity contribution < 1.29 is 13.9 Å². The highest BCUT2D eigenvalue weighted by Gasteiger charge is 2.18. The average molecular weight is 374 g/mol. The van der Waals surface area contributed by atoms with Crippen LogP contribution in [0.5, 0.6) is 0 Å². The summed E-state index contributed by atoms with van der Waals surface area (Å²) in [7, 11) is 0. The first-order valence-electron chi connectivity index (χ1n) is 8.94. The molecular formula is C20H23FN2O2S. The van der Waals surface area contributed by atoms with E-state index in [1.165, 1.54) is 12.1 Å². The van der Waals surface area contributed by atoms with Crippen molar-refractivity contribution in [2.75, 3.05) is 18.9 Å². The molecule has 1 aliphatic heterocycles. The summed E-state index contributed by atoms with van der Waals surface area (Å²) >= 11 is 1.58. The number of thioether (sulfide) groups is 1. The molecule has 3 rings (SSSR count). The molecule has 26 heavy (non-hydrogen) atoms. The Balaban J connectivity index is 1.48. The lowest BCUT2D eigenvalue weighted by Crippen LogP contribution is -2.32. The normalized spacial score (nSPS) is 16.6. The van der Waals surface area contributed by atoms with E-state index < -0.39 is 0 Å². The second-order valence-corrected chi connectivity index (χ2v) is 7.36. The molecule has 1 aliphatic rings. The minimum atomic E-state index is -0.213. The van der Waals surface area contributed by atoms with E-state index in [1.54, 1.807) is 30.1 Å². The summed E-state index contributed by atoms with van der Waals surface area (Å²) in [6.07, 6.45) is 5.70. The van der Waals surface area contributed by atoms with E-state index in [9.17, 15) is 9.18 Å². The number of aryl methyl sites for hydroxylation is 1. The van der Waals surface area contributed by atoms with Gasteiger partial charge in [0.1, 0.15) is 10.8 Å². The molecule has 1 fully saturated rings. The molecule has 0 bridgehead atoms. The number of ether oxygens (including phenoxy) is 1. The molecule has 1 unspecified atom stereocenters. The van der Waals surface area contributed by atoms with Crippen LogP contribution in [0.3, 0.4) is 0 Å². The van der Waals surface area contributed by atoms with Crippen LogP contribution in [0.15, 0.2) is 47.6 Å². The number of hydrogen-bond acceptors (Lipinski definition) is 4. The molecular weight excluding hydrogens is 351 g/mol. The fourth-order valence-corrected chi connectivity index (χ4v) is 3.82. The van der Waals surface area contributed by atoms with Crippen LogP contribution >= 0.6 is 11.8 Å². The summed E-state index contributed by atoms with van der Waals surface area (Å²) in [5.74, 6) is 0.533. The lowest BCUT2D eigenvalue weighted by molar-refractivity contribution is 0.0855. The number of aromatic nitrogens is 1. The molecule has 138 valence electrons. The van der Waals surface area contributed by atoms with Crippen LogP contribution in [-0.2, 0) is 11.2 Å². The van der Waals surface area contributed by atoms with Crippen molar-refractivity contribution >= 4 is 17.7 Å². The molecule has 2 heterocycles. The van der Waals surface area contributed by atoms with Crippen molar-refractivity contribution in [3.8, 4) is 0 Å². The Bertz CT molecular complexity index is 718.